The zero-order valence-electron chi connectivity index (χ0n) is 25.0. The van der Waals surface area contributed by atoms with Crippen molar-refractivity contribution in [2.45, 2.75) is 42.6 Å². The fourth-order valence-electron chi connectivity index (χ4n) is 5.67. The van der Waals surface area contributed by atoms with Crippen LogP contribution < -0.4 is 0 Å². The van der Waals surface area contributed by atoms with Crippen LogP contribution in [-0.4, -0.2) is 69.2 Å². The number of alkyl halides is 6. The zero-order valence-corrected chi connectivity index (χ0v) is 25.0. The van der Waals surface area contributed by atoms with Crippen molar-refractivity contribution in [1.82, 2.24) is 4.90 Å². The van der Waals surface area contributed by atoms with Gasteiger partial charge in [0.05, 0.1) is 6.61 Å². The molecule has 0 saturated carbocycles. The van der Waals surface area contributed by atoms with Crippen molar-refractivity contribution in [1.29, 1.82) is 0 Å². The van der Waals surface area contributed by atoms with Gasteiger partial charge in [-0.2, -0.15) is 26.3 Å². The first-order valence-corrected chi connectivity index (χ1v) is 14.3. The number of hydrogen-bond acceptors (Lipinski definition) is 7. The molecule has 3 aromatic carbocycles. The topological polar surface area (TPSA) is 74.3 Å². The third-order valence-corrected chi connectivity index (χ3v) is 8.03. The van der Waals surface area contributed by atoms with E-state index in [4.69, 9.17) is 18.9 Å². The smallest absolute Gasteiger partial charge is 0.432 e. The molecule has 13 heteroatoms. The molecular formula is C33H33F6NO6. The van der Waals surface area contributed by atoms with E-state index in [1.54, 1.807) is 0 Å². The summed E-state index contributed by atoms with van der Waals surface area (Å²) in [5, 5.41) is 0. The van der Waals surface area contributed by atoms with E-state index in [-0.39, 0.29) is 19.5 Å². The number of carbonyl (C=O) groups is 2. The van der Waals surface area contributed by atoms with E-state index < -0.39 is 65.2 Å². The second-order valence-corrected chi connectivity index (χ2v) is 10.8. The first-order chi connectivity index (χ1) is 21.8. The van der Waals surface area contributed by atoms with Gasteiger partial charge in [0.25, 0.3) is 11.2 Å². The highest BCUT2D eigenvalue weighted by Crippen LogP contribution is 2.45. The maximum atomic E-state index is 14.5. The fourth-order valence-corrected chi connectivity index (χ4v) is 5.67. The first kappa shape index (κ1) is 34.9. The maximum absolute atomic E-state index is 14.5. The number of benzene rings is 3. The summed E-state index contributed by atoms with van der Waals surface area (Å²) in [6, 6.07) is 21.6. The van der Waals surface area contributed by atoms with Gasteiger partial charge in [0.1, 0.15) is 6.10 Å². The molecule has 1 aliphatic rings. The number of piperidine rings is 1. The fraction of sp³-hybridized carbons (Fsp3) is 0.394. The van der Waals surface area contributed by atoms with E-state index in [2.05, 4.69) is 0 Å². The highest BCUT2D eigenvalue weighted by atomic mass is 19.4. The molecule has 4 atom stereocenters. The van der Waals surface area contributed by atoms with Gasteiger partial charge in [-0.05, 0) is 12.0 Å². The molecule has 0 bridgehead atoms. The number of hydrogen-bond donors (Lipinski definition) is 0. The van der Waals surface area contributed by atoms with Gasteiger partial charge in [0.15, 0.2) is 0 Å². The molecule has 0 aliphatic carbocycles. The van der Waals surface area contributed by atoms with Crippen LogP contribution in [-0.2, 0) is 46.3 Å². The van der Waals surface area contributed by atoms with Crippen LogP contribution in [0, 0.1) is 5.92 Å². The third kappa shape index (κ3) is 6.91. The monoisotopic (exact) mass is 653 g/mol. The molecular weight excluding hydrogens is 620 g/mol. The predicted molar refractivity (Wildman–Crippen MR) is 153 cm³/mol. The van der Waals surface area contributed by atoms with E-state index in [0.717, 1.165) is 44.0 Å². The molecule has 4 rings (SSSR count). The van der Waals surface area contributed by atoms with Crippen LogP contribution in [0.5, 0.6) is 0 Å². The standard InChI is InChI=1S/C33H33F6NO6/c1-43-30(32(34,35)36,25-14-8-4-9-15-25)28(41)45-22-24-21-40(20-23-12-6-3-7-13-23)19-18-27(24)46-29(42)31(44-2,33(37,38)39)26-16-10-5-11-17-26/h3-17,24,27H,18-22H2,1-2H3/t24-,27+,30+,31+/m1/s1. The van der Waals surface area contributed by atoms with Gasteiger partial charge in [-0.1, -0.05) is 91.0 Å². The van der Waals surface area contributed by atoms with E-state index in [1.165, 1.54) is 36.4 Å². The Balaban J connectivity index is 1.63. The Bertz CT molecular complexity index is 1440. The van der Waals surface area contributed by atoms with Gasteiger partial charge < -0.3 is 18.9 Å². The van der Waals surface area contributed by atoms with Crippen molar-refractivity contribution in [3.63, 3.8) is 0 Å². The van der Waals surface area contributed by atoms with Crippen molar-refractivity contribution in [3.8, 4) is 0 Å². The highest BCUT2D eigenvalue weighted by molar-refractivity contribution is 5.83. The summed E-state index contributed by atoms with van der Waals surface area (Å²) in [6.07, 6.45) is -11.7. The molecule has 1 heterocycles. The minimum absolute atomic E-state index is 0.000604. The van der Waals surface area contributed by atoms with Crippen LogP contribution in [0.15, 0.2) is 91.0 Å². The lowest BCUT2D eigenvalue weighted by atomic mass is 9.91. The van der Waals surface area contributed by atoms with Crippen molar-refractivity contribution < 1.29 is 54.9 Å². The molecule has 7 nitrogen and oxygen atoms in total. The van der Waals surface area contributed by atoms with Crippen molar-refractivity contribution >= 4 is 11.9 Å². The van der Waals surface area contributed by atoms with Crippen LogP contribution in [0.4, 0.5) is 26.3 Å². The lowest BCUT2D eigenvalue weighted by Gasteiger charge is -2.40. The average Bonchev–Trinajstić information content (AvgIpc) is 3.02. The van der Waals surface area contributed by atoms with E-state index in [9.17, 15) is 35.9 Å². The van der Waals surface area contributed by atoms with Gasteiger partial charge in [0.2, 0.25) is 0 Å². The highest BCUT2D eigenvalue weighted by Gasteiger charge is 2.65. The lowest BCUT2D eigenvalue weighted by molar-refractivity contribution is -0.280. The number of esters is 2. The minimum Gasteiger partial charge on any atom is -0.463 e. The molecule has 0 amide bonds. The second-order valence-electron chi connectivity index (χ2n) is 10.8. The van der Waals surface area contributed by atoms with Gasteiger partial charge in [0, 0.05) is 50.9 Å². The minimum atomic E-state index is -5.24. The van der Waals surface area contributed by atoms with Crippen LogP contribution in [0.3, 0.4) is 0 Å². The Morgan fingerprint density at radius 3 is 1.63 bits per heavy atom. The molecule has 1 saturated heterocycles. The second kappa shape index (κ2) is 14.2. The quantitative estimate of drug-likeness (QED) is 0.181. The Labute approximate surface area is 262 Å². The Morgan fingerprint density at radius 2 is 1.17 bits per heavy atom. The van der Waals surface area contributed by atoms with E-state index in [0.29, 0.717) is 6.54 Å². The average molecular weight is 654 g/mol. The zero-order chi connectivity index (χ0) is 33.6. The summed E-state index contributed by atoms with van der Waals surface area (Å²) in [5.74, 6) is -4.54. The van der Waals surface area contributed by atoms with E-state index >= 15 is 0 Å². The summed E-state index contributed by atoms with van der Waals surface area (Å²) >= 11 is 0. The van der Waals surface area contributed by atoms with Crippen LogP contribution >= 0.6 is 0 Å². The van der Waals surface area contributed by atoms with E-state index in [1.807, 2.05) is 35.2 Å². The normalized spacial score (nSPS) is 20.3. The number of halogens is 6. The number of nitrogens with zero attached hydrogens (tertiary/aromatic N) is 1. The van der Waals surface area contributed by atoms with Gasteiger partial charge >= 0.3 is 24.3 Å². The Kier molecular flexibility index (Phi) is 10.8. The SMILES string of the molecule is CO[C@](C(=O)OC[C@H]1CN(Cc2ccccc2)CC[C@@H]1OC(=O)[C@@](OC)(c1ccccc1)C(F)(F)F)(c1ccccc1)C(F)(F)F. The molecule has 1 fully saturated rings. The lowest BCUT2D eigenvalue weighted by Crippen LogP contribution is -2.55. The number of likely N-dealkylation sites (tertiary alicyclic amines) is 1. The van der Waals surface area contributed by atoms with Gasteiger partial charge in [-0.3, -0.25) is 4.90 Å². The maximum Gasteiger partial charge on any atom is 0.432 e. The molecule has 0 unspecified atom stereocenters. The number of rotatable bonds is 11. The number of carbonyl (C=O) groups excluding carboxylic acids is 2. The van der Waals surface area contributed by atoms with Crippen LogP contribution in [0.25, 0.3) is 0 Å². The number of methoxy groups -OCH3 is 2. The molecule has 3 aromatic rings. The van der Waals surface area contributed by atoms with Crippen molar-refractivity contribution in [3.05, 3.63) is 108 Å². The molecule has 1 aliphatic heterocycles. The van der Waals surface area contributed by atoms with Crippen LogP contribution in [0.2, 0.25) is 0 Å². The summed E-state index contributed by atoms with van der Waals surface area (Å²) < 4.78 is 107. The summed E-state index contributed by atoms with van der Waals surface area (Å²) in [4.78, 5) is 28.6. The largest absolute Gasteiger partial charge is 0.463 e. The van der Waals surface area contributed by atoms with Gasteiger partial charge in [-0.15, -0.1) is 0 Å². The van der Waals surface area contributed by atoms with Crippen molar-refractivity contribution in [2.75, 3.05) is 33.9 Å². The van der Waals surface area contributed by atoms with Crippen molar-refractivity contribution in [2.24, 2.45) is 5.92 Å². The molecule has 0 radical (unpaired) electrons. The first-order valence-electron chi connectivity index (χ1n) is 14.3. The summed E-state index contributed by atoms with van der Waals surface area (Å²) in [6.45, 7) is -0.0411. The molecule has 46 heavy (non-hydrogen) atoms. The molecule has 0 spiro atoms. The third-order valence-electron chi connectivity index (χ3n) is 8.03. The Hall–Kier alpha value is -3.94. The Morgan fingerprint density at radius 1 is 0.717 bits per heavy atom. The predicted octanol–water partition coefficient (Wildman–Crippen LogP) is 6.17. The molecule has 0 aromatic heterocycles. The van der Waals surface area contributed by atoms with Gasteiger partial charge in [-0.25, -0.2) is 9.59 Å². The molecule has 0 N–H and O–H groups in total. The molecule has 248 valence electrons. The summed E-state index contributed by atoms with van der Waals surface area (Å²) in [5.41, 5.74) is -7.10. The van der Waals surface area contributed by atoms with Crippen LogP contribution in [0.1, 0.15) is 23.1 Å². The number of ether oxygens (including phenoxy) is 4. The summed E-state index contributed by atoms with van der Waals surface area (Å²) in [7, 11) is 1.45.